The molecule has 21 heavy (non-hydrogen) atoms. The topological polar surface area (TPSA) is 39.8 Å². The van der Waals surface area contributed by atoms with Crippen LogP contribution in [-0.4, -0.2) is 14.3 Å². The molecule has 0 aliphatic rings. The fourth-order valence-corrected chi connectivity index (χ4v) is 2.34. The van der Waals surface area contributed by atoms with Gasteiger partial charge >= 0.3 is 0 Å². The minimum Gasteiger partial charge on any atom is -0.284 e. The van der Waals surface area contributed by atoms with Gasteiger partial charge in [0.25, 0.3) is 5.56 Å². The first-order chi connectivity index (χ1) is 10.0. The summed E-state index contributed by atoms with van der Waals surface area (Å²) in [5.74, 6) is -0.353. The van der Waals surface area contributed by atoms with Crippen LogP contribution in [0.4, 0.5) is 4.39 Å². The molecule has 6 heteroatoms. The molecule has 0 spiro atoms. The molecule has 1 aromatic carbocycles. The first-order valence-corrected chi connectivity index (χ1v) is 6.59. The van der Waals surface area contributed by atoms with Crippen molar-refractivity contribution in [3.8, 4) is 16.8 Å². The molecule has 3 rings (SSSR count). The third-order valence-corrected chi connectivity index (χ3v) is 3.44. The monoisotopic (exact) mass is 303 g/mol. The van der Waals surface area contributed by atoms with Crippen LogP contribution in [0.5, 0.6) is 0 Å². The molecule has 0 unspecified atom stereocenters. The maximum Gasteiger partial charge on any atom is 0.256 e. The van der Waals surface area contributed by atoms with Gasteiger partial charge < -0.3 is 0 Å². The number of benzene rings is 1. The lowest BCUT2D eigenvalue weighted by molar-refractivity contribution is 0.627. The zero-order valence-electron chi connectivity index (χ0n) is 11.1. The lowest BCUT2D eigenvalue weighted by Crippen LogP contribution is -2.17. The summed E-state index contributed by atoms with van der Waals surface area (Å²) in [4.78, 5) is 12.1. The Morgan fingerprint density at radius 3 is 2.52 bits per heavy atom. The van der Waals surface area contributed by atoms with Gasteiger partial charge in [-0.15, -0.1) is 0 Å². The van der Waals surface area contributed by atoms with Crippen LogP contribution in [0.15, 0.2) is 53.7 Å². The minimum absolute atomic E-state index is 0.278. The summed E-state index contributed by atoms with van der Waals surface area (Å²) in [5, 5.41) is 4.44. The van der Waals surface area contributed by atoms with E-state index in [-0.39, 0.29) is 11.4 Å². The van der Waals surface area contributed by atoms with Crippen molar-refractivity contribution in [2.45, 2.75) is 0 Å². The Labute approximate surface area is 125 Å². The average Bonchev–Trinajstić information content (AvgIpc) is 2.87. The Morgan fingerprint density at radius 1 is 1.19 bits per heavy atom. The zero-order chi connectivity index (χ0) is 15.0. The van der Waals surface area contributed by atoms with Gasteiger partial charge in [-0.1, -0.05) is 11.6 Å². The van der Waals surface area contributed by atoms with Crippen molar-refractivity contribution in [1.29, 1.82) is 0 Å². The highest BCUT2D eigenvalue weighted by Gasteiger charge is 2.10. The molecular formula is C15H11ClFN3O. The van der Waals surface area contributed by atoms with Gasteiger partial charge in [-0.2, -0.15) is 5.10 Å². The maximum atomic E-state index is 13.0. The molecule has 0 saturated heterocycles. The Hall–Kier alpha value is -2.40. The van der Waals surface area contributed by atoms with Gasteiger partial charge in [-0.25, -0.2) is 4.39 Å². The summed E-state index contributed by atoms with van der Waals surface area (Å²) in [6.45, 7) is 0. The summed E-state index contributed by atoms with van der Waals surface area (Å²) in [6.07, 6.45) is 5.11. The van der Waals surface area contributed by atoms with Gasteiger partial charge in [0, 0.05) is 42.3 Å². The summed E-state index contributed by atoms with van der Waals surface area (Å²) < 4.78 is 16.1. The highest BCUT2D eigenvalue weighted by molar-refractivity contribution is 6.33. The molecular weight excluding hydrogens is 293 g/mol. The SMILES string of the molecule is Cn1cc(-c2cn(-c3ccc(F)cc3)c(=O)cc2Cl)cn1. The molecule has 0 fully saturated rings. The van der Waals surface area contributed by atoms with E-state index in [1.807, 2.05) is 0 Å². The van der Waals surface area contributed by atoms with Crippen molar-refractivity contribution >= 4 is 11.6 Å². The van der Waals surface area contributed by atoms with Crippen LogP contribution in [0.3, 0.4) is 0 Å². The highest BCUT2D eigenvalue weighted by Crippen LogP contribution is 2.26. The molecule has 106 valence electrons. The number of aryl methyl sites for hydroxylation is 1. The van der Waals surface area contributed by atoms with Gasteiger partial charge in [-0.3, -0.25) is 14.0 Å². The summed E-state index contributed by atoms with van der Waals surface area (Å²) >= 11 is 6.15. The first-order valence-electron chi connectivity index (χ1n) is 6.22. The average molecular weight is 304 g/mol. The number of hydrogen-bond donors (Lipinski definition) is 0. The Morgan fingerprint density at radius 2 is 1.90 bits per heavy atom. The molecule has 0 amide bonds. The molecule has 0 aliphatic heterocycles. The van der Waals surface area contributed by atoms with Gasteiger partial charge in [-0.05, 0) is 24.3 Å². The van der Waals surface area contributed by atoms with Crippen LogP contribution in [0.1, 0.15) is 0 Å². The predicted molar refractivity (Wildman–Crippen MR) is 79.2 cm³/mol. The molecule has 0 bridgehead atoms. The van der Waals surface area contributed by atoms with Crippen LogP contribution in [0, 0.1) is 5.82 Å². The van der Waals surface area contributed by atoms with Gasteiger partial charge in [0.2, 0.25) is 0 Å². The smallest absolute Gasteiger partial charge is 0.256 e. The van der Waals surface area contributed by atoms with E-state index >= 15 is 0 Å². The van der Waals surface area contributed by atoms with Crippen LogP contribution < -0.4 is 5.56 Å². The highest BCUT2D eigenvalue weighted by atomic mass is 35.5. The number of nitrogens with zero attached hydrogens (tertiary/aromatic N) is 3. The summed E-state index contributed by atoms with van der Waals surface area (Å²) in [7, 11) is 1.80. The molecule has 0 atom stereocenters. The molecule has 0 aliphatic carbocycles. The van der Waals surface area contributed by atoms with E-state index in [4.69, 9.17) is 11.6 Å². The summed E-state index contributed by atoms with van der Waals surface area (Å²) in [6, 6.07) is 7.03. The zero-order valence-corrected chi connectivity index (χ0v) is 11.9. The maximum absolute atomic E-state index is 13.0. The lowest BCUT2D eigenvalue weighted by atomic mass is 10.1. The molecule has 2 heterocycles. The number of hydrogen-bond acceptors (Lipinski definition) is 2. The van der Waals surface area contributed by atoms with Gasteiger partial charge in [0.05, 0.1) is 11.2 Å². The van der Waals surface area contributed by atoms with Crippen LogP contribution in [0.25, 0.3) is 16.8 Å². The Balaban J connectivity index is 2.18. The molecule has 3 aromatic rings. The number of rotatable bonds is 2. The van der Waals surface area contributed by atoms with Crippen molar-refractivity contribution in [3.63, 3.8) is 0 Å². The van der Waals surface area contributed by atoms with E-state index < -0.39 is 0 Å². The number of pyridine rings is 1. The lowest BCUT2D eigenvalue weighted by Gasteiger charge is -2.09. The van der Waals surface area contributed by atoms with E-state index in [2.05, 4.69) is 5.10 Å². The largest absolute Gasteiger partial charge is 0.284 e. The Kier molecular flexibility index (Phi) is 3.35. The third-order valence-electron chi connectivity index (χ3n) is 3.12. The van der Waals surface area contributed by atoms with Crippen LogP contribution in [-0.2, 0) is 7.05 Å². The number of aromatic nitrogens is 3. The van der Waals surface area contributed by atoms with Crippen LogP contribution >= 0.6 is 11.6 Å². The molecule has 0 radical (unpaired) electrons. The van der Waals surface area contributed by atoms with Crippen molar-refractivity contribution in [2.24, 2.45) is 7.05 Å². The Bertz CT molecular complexity index is 852. The fourth-order valence-electron chi connectivity index (χ4n) is 2.09. The van der Waals surface area contributed by atoms with E-state index in [0.717, 1.165) is 5.56 Å². The van der Waals surface area contributed by atoms with Crippen molar-refractivity contribution in [2.75, 3.05) is 0 Å². The molecule has 0 N–H and O–H groups in total. The third kappa shape index (κ3) is 2.60. The summed E-state index contributed by atoms with van der Waals surface area (Å²) in [5.41, 5.74) is 1.79. The first kappa shape index (κ1) is 13.6. The van der Waals surface area contributed by atoms with E-state index in [1.165, 1.54) is 34.9 Å². The minimum atomic E-state index is -0.353. The quantitative estimate of drug-likeness (QED) is 0.730. The second-order valence-electron chi connectivity index (χ2n) is 4.62. The standard InChI is InChI=1S/C15H11ClFN3O/c1-19-8-10(7-18-19)13-9-20(15(21)6-14(13)16)12-4-2-11(17)3-5-12/h2-9H,1H3. The van der Waals surface area contributed by atoms with E-state index in [1.54, 1.807) is 30.3 Å². The van der Waals surface area contributed by atoms with Crippen molar-refractivity contribution < 1.29 is 4.39 Å². The van der Waals surface area contributed by atoms with E-state index in [0.29, 0.717) is 16.3 Å². The van der Waals surface area contributed by atoms with Crippen LogP contribution in [0.2, 0.25) is 5.02 Å². The number of halogens is 2. The normalized spacial score (nSPS) is 10.8. The van der Waals surface area contributed by atoms with E-state index in [9.17, 15) is 9.18 Å². The predicted octanol–water partition coefficient (Wildman–Crippen LogP) is 3.03. The second kappa shape index (κ2) is 5.18. The molecule has 4 nitrogen and oxygen atoms in total. The van der Waals surface area contributed by atoms with Crippen molar-refractivity contribution in [3.05, 3.63) is 70.1 Å². The fraction of sp³-hybridized carbons (Fsp3) is 0.0667. The second-order valence-corrected chi connectivity index (χ2v) is 5.03. The van der Waals surface area contributed by atoms with Gasteiger partial charge in [0.15, 0.2) is 0 Å². The molecule has 0 saturated carbocycles. The molecule has 2 aromatic heterocycles. The van der Waals surface area contributed by atoms with Gasteiger partial charge in [0.1, 0.15) is 5.82 Å². The van der Waals surface area contributed by atoms with Crippen molar-refractivity contribution in [1.82, 2.24) is 14.3 Å².